The zero-order chi connectivity index (χ0) is 12.2. The quantitative estimate of drug-likeness (QED) is 0.776. The van der Waals surface area contributed by atoms with Gasteiger partial charge in [0.25, 0.3) is 0 Å². The van der Waals surface area contributed by atoms with Crippen molar-refractivity contribution in [2.75, 3.05) is 0 Å². The first-order valence-corrected chi connectivity index (χ1v) is 6.47. The van der Waals surface area contributed by atoms with E-state index >= 15 is 0 Å². The minimum absolute atomic E-state index is 0.0169. The highest BCUT2D eigenvalue weighted by Crippen LogP contribution is 2.39. The van der Waals surface area contributed by atoms with Gasteiger partial charge in [-0.25, -0.2) is 0 Å². The minimum Gasteiger partial charge on any atom is -0.380 e. The molecule has 1 aromatic heterocycles. The summed E-state index contributed by atoms with van der Waals surface area (Å²) in [6, 6.07) is 5.67. The molecule has 2 heterocycles. The average molecular weight is 247 g/mol. The van der Waals surface area contributed by atoms with Crippen LogP contribution in [0.25, 0.3) is 10.9 Å². The number of thioether (sulfide) groups is 1. The Balaban J connectivity index is 2.51. The fourth-order valence-corrected chi connectivity index (χ4v) is 3.37. The third-order valence-corrected chi connectivity index (χ3v) is 4.51. The second-order valence-electron chi connectivity index (χ2n) is 4.45. The van der Waals surface area contributed by atoms with E-state index in [1.54, 1.807) is 0 Å². The van der Waals surface area contributed by atoms with Crippen LogP contribution in [0.15, 0.2) is 34.1 Å². The van der Waals surface area contributed by atoms with E-state index in [0.29, 0.717) is 0 Å². The Labute approximate surface area is 103 Å². The zero-order valence-corrected chi connectivity index (χ0v) is 10.5. The van der Waals surface area contributed by atoms with Gasteiger partial charge in [0.1, 0.15) is 5.44 Å². The van der Waals surface area contributed by atoms with Crippen molar-refractivity contribution in [1.29, 1.82) is 0 Å². The summed E-state index contributed by atoms with van der Waals surface area (Å²) in [5.41, 5.74) is 1.30. The number of aliphatic hydroxyl groups is 1. The van der Waals surface area contributed by atoms with Crippen LogP contribution in [0.5, 0.6) is 0 Å². The van der Waals surface area contributed by atoms with E-state index in [2.05, 4.69) is 0 Å². The molecule has 3 rings (SSSR count). The Bertz CT molecular complexity index is 662. The molecule has 1 aromatic carbocycles. The summed E-state index contributed by atoms with van der Waals surface area (Å²) in [6.45, 7) is 3.79. The lowest BCUT2D eigenvalue weighted by Gasteiger charge is -2.30. The minimum atomic E-state index is -0.463. The first kappa shape index (κ1) is 10.9. The Morgan fingerprint density at radius 1 is 1.41 bits per heavy atom. The topological polar surface area (TPSA) is 42.2 Å². The van der Waals surface area contributed by atoms with Gasteiger partial charge in [-0.2, -0.15) is 0 Å². The first-order valence-electron chi connectivity index (χ1n) is 5.59. The number of aliphatic hydroxyl groups excluding tert-OH is 1. The molecule has 17 heavy (non-hydrogen) atoms. The van der Waals surface area contributed by atoms with Gasteiger partial charge in [-0.05, 0) is 26.0 Å². The Kier molecular flexibility index (Phi) is 2.31. The molecular formula is C13H13NO2S. The third-order valence-electron chi connectivity index (χ3n) is 3.29. The number of hydrogen-bond acceptors (Lipinski definition) is 3. The summed E-state index contributed by atoms with van der Waals surface area (Å²) in [6.07, 6.45) is 1.85. The van der Waals surface area contributed by atoms with E-state index < -0.39 is 5.44 Å². The number of para-hydroxylation sites is 1. The molecule has 0 saturated heterocycles. The van der Waals surface area contributed by atoms with Gasteiger partial charge in [0, 0.05) is 22.0 Å². The summed E-state index contributed by atoms with van der Waals surface area (Å²) >= 11 is 1.42. The number of benzene rings is 1. The van der Waals surface area contributed by atoms with Crippen LogP contribution in [0.4, 0.5) is 0 Å². The van der Waals surface area contributed by atoms with Crippen molar-refractivity contribution in [2.24, 2.45) is 0 Å². The lowest BCUT2D eigenvalue weighted by atomic mass is 10.1. The molecule has 0 aliphatic carbocycles. The molecule has 2 atom stereocenters. The summed E-state index contributed by atoms with van der Waals surface area (Å²) < 4.78 is 2.02. The van der Waals surface area contributed by atoms with E-state index in [9.17, 15) is 9.90 Å². The highest BCUT2D eigenvalue weighted by Gasteiger charge is 2.26. The van der Waals surface area contributed by atoms with Gasteiger partial charge >= 0.3 is 0 Å². The standard InChI is InChI=1S/C13H13NO2S/c1-7-6-14-8(2)13(16)17-10-5-3-4-9(11(10)14)12(7)15/h3-6,8,13,16H,1-2H3. The van der Waals surface area contributed by atoms with Crippen molar-refractivity contribution < 1.29 is 5.11 Å². The molecule has 1 aliphatic rings. The van der Waals surface area contributed by atoms with Crippen molar-refractivity contribution >= 4 is 22.7 Å². The van der Waals surface area contributed by atoms with Gasteiger partial charge in [-0.15, -0.1) is 0 Å². The van der Waals surface area contributed by atoms with Crippen LogP contribution in [0.3, 0.4) is 0 Å². The van der Waals surface area contributed by atoms with E-state index in [1.165, 1.54) is 11.8 Å². The molecule has 1 aliphatic heterocycles. The van der Waals surface area contributed by atoms with Crippen LogP contribution in [-0.2, 0) is 0 Å². The van der Waals surface area contributed by atoms with Crippen molar-refractivity contribution in [3.63, 3.8) is 0 Å². The van der Waals surface area contributed by atoms with E-state index in [4.69, 9.17) is 0 Å². The third kappa shape index (κ3) is 1.44. The van der Waals surface area contributed by atoms with Crippen molar-refractivity contribution in [2.45, 2.75) is 30.2 Å². The SMILES string of the molecule is Cc1cn2c3c(cccc3c1=O)SC(O)C2C. The van der Waals surface area contributed by atoms with Crippen LogP contribution in [0.2, 0.25) is 0 Å². The van der Waals surface area contributed by atoms with E-state index in [0.717, 1.165) is 21.4 Å². The van der Waals surface area contributed by atoms with Crippen molar-refractivity contribution in [3.8, 4) is 0 Å². The number of nitrogens with zero attached hydrogens (tertiary/aromatic N) is 1. The van der Waals surface area contributed by atoms with Crippen LogP contribution < -0.4 is 5.43 Å². The van der Waals surface area contributed by atoms with Gasteiger partial charge in [0.05, 0.1) is 11.6 Å². The maximum absolute atomic E-state index is 12.1. The Morgan fingerprint density at radius 2 is 2.18 bits per heavy atom. The highest BCUT2D eigenvalue weighted by atomic mass is 32.2. The molecule has 1 N–H and O–H groups in total. The van der Waals surface area contributed by atoms with Gasteiger partial charge in [0.2, 0.25) is 0 Å². The summed E-state index contributed by atoms with van der Waals surface area (Å²) in [4.78, 5) is 13.1. The molecule has 2 aromatic rings. The van der Waals surface area contributed by atoms with Crippen LogP contribution in [0.1, 0.15) is 18.5 Å². The molecule has 0 fully saturated rings. The molecule has 3 nitrogen and oxygen atoms in total. The van der Waals surface area contributed by atoms with Crippen molar-refractivity contribution in [1.82, 2.24) is 4.57 Å². The van der Waals surface area contributed by atoms with Gasteiger partial charge < -0.3 is 9.67 Å². The van der Waals surface area contributed by atoms with Crippen LogP contribution >= 0.6 is 11.8 Å². The summed E-state index contributed by atoms with van der Waals surface area (Å²) in [5, 5.41) is 10.7. The summed E-state index contributed by atoms with van der Waals surface area (Å²) in [5.74, 6) is 0. The second-order valence-corrected chi connectivity index (χ2v) is 5.61. The monoisotopic (exact) mass is 247 g/mol. The fourth-order valence-electron chi connectivity index (χ4n) is 2.30. The number of pyridine rings is 1. The first-order chi connectivity index (χ1) is 8.09. The van der Waals surface area contributed by atoms with E-state index in [-0.39, 0.29) is 11.5 Å². The Morgan fingerprint density at radius 3 is 2.94 bits per heavy atom. The predicted molar refractivity (Wildman–Crippen MR) is 69.5 cm³/mol. The molecular weight excluding hydrogens is 234 g/mol. The molecule has 0 radical (unpaired) electrons. The average Bonchev–Trinajstić information content (AvgIpc) is 2.31. The largest absolute Gasteiger partial charge is 0.380 e. The van der Waals surface area contributed by atoms with Gasteiger partial charge in [0.15, 0.2) is 5.43 Å². The van der Waals surface area contributed by atoms with Gasteiger partial charge in [-0.3, -0.25) is 4.79 Å². The molecule has 0 spiro atoms. The lowest BCUT2D eigenvalue weighted by Crippen LogP contribution is -2.25. The fraction of sp³-hybridized carbons (Fsp3) is 0.308. The van der Waals surface area contributed by atoms with Crippen LogP contribution in [-0.4, -0.2) is 15.1 Å². The van der Waals surface area contributed by atoms with Crippen LogP contribution in [0, 0.1) is 6.92 Å². The predicted octanol–water partition coefficient (Wildman–Crippen LogP) is 2.30. The molecule has 0 saturated carbocycles. The van der Waals surface area contributed by atoms with Crippen molar-refractivity contribution in [3.05, 3.63) is 40.2 Å². The second kappa shape index (κ2) is 3.62. The highest BCUT2D eigenvalue weighted by molar-refractivity contribution is 8.00. The number of hydrogen-bond donors (Lipinski definition) is 1. The molecule has 4 heteroatoms. The molecule has 88 valence electrons. The molecule has 0 amide bonds. The number of aryl methyl sites for hydroxylation is 1. The molecule has 0 bridgehead atoms. The maximum Gasteiger partial charge on any atom is 0.192 e. The number of aromatic nitrogens is 1. The normalized spacial score (nSPS) is 23.0. The van der Waals surface area contributed by atoms with Gasteiger partial charge in [-0.1, -0.05) is 17.8 Å². The lowest BCUT2D eigenvalue weighted by molar-refractivity contribution is 0.203. The summed E-state index contributed by atoms with van der Waals surface area (Å²) in [7, 11) is 0. The molecule has 2 unspecified atom stereocenters. The smallest absolute Gasteiger partial charge is 0.192 e. The maximum atomic E-state index is 12.1. The Hall–Kier alpha value is -1.26. The number of rotatable bonds is 0. The zero-order valence-electron chi connectivity index (χ0n) is 9.68. The van der Waals surface area contributed by atoms with E-state index in [1.807, 2.05) is 42.8 Å².